The Morgan fingerprint density at radius 3 is 2.42 bits per heavy atom. The normalized spacial score (nSPS) is 18.5. The highest BCUT2D eigenvalue weighted by molar-refractivity contribution is 7.89. The molecule has 4 rings (SSSR count). The number of hydrogen-bond acceptors (Lipinski definition) is 5. The monoisotopic (exact) mass is 526 g/mol. The first kappa shape index (κ1) is 25.6. The summed E-state index contributed by atoms with van der Waals surface area (Å²) in [6.45, 7) is -0.779. The van der Waals surface area contributed by atoms with Gasteiger partial charge in [-0.2, -0.15) is 4.31 Å². The Kier molecular flexibility index (Phi) is 7.31. The van der Waals surface area contributed by atoms with E-state index in [1.54, 1.807) is 0 Å². The molecule has 2 heterocycles. The van der Waals surface area contributed by atoms with E-state index in [0.29, 0.717) is 0 Å². The maximum Gasteiger partial charge on any atom is 0.281 e. The SMILES string of the molecule is O=C(NCc1cc(F)cc(-c2cnc(C(F)F)cn2)c1)[C@@H]1C[C@@H](F)CN1S(=O)(=O)c1ccc(F)cc1. The molecule has 1 amide bonds. The average molecular weight is 526 g/mol. The minimum atomic E-state index is -4.29. The van der Waals surface area contributed by atoms with E-state index in [4.69, 9.17) is 0 Å². The van der Waals surface area contributed by atoms with Crippen LogP contribution in [0.5, 0.6) is 0 Å². The number of halogens is 5. The molecule has 0 bridgehead atoms. The molecule has 3 aromatic rings. The summed E-state index contributed by atoms with van der Waals surface area (Å²) in [4.78, 5) is 20.0. The predicted molar refractivity (Wildman–Crippen MR) is 118 cm³/mol. The van der Waals surface area contributed by atoms with Gasteiger partial charge in [-0.25, -0.2) is 30.4 Å². The van der Waals surface area contributed by atoms with Crippen molar-refractivity contribution in [2.24, 2.45) is 0 Å². The largest absolute Gasteiger partial charge is 0.351 e. The van der Waals surface area contributed by atoms with E-state index in [1.165, 1.54) is 6.07 Å². The molecular formula is C23H19F5N4O3S. The topological polar surface area (TPSA) is 92.3 Å². The lowest BCUT2D eigenvalue weighted by Crippen LogP contribution is -2.45. The van der Waals surface area contributed by atoms with Crippen LogP contribution in [0.3, 0.4) is 0 Å². The van der Waals surface area contributed by atoms with Crippen molar-refractivity contribution in [3.05, 3.63) is 77.8 Å². The second-order valence-corrected chi connectivity index (χ2v) is 9.96. The number of aromatic nitrogens is 2. The quantitative estimate of drug-likeness (QED) is 0.474. The molecule has 0 saturated carbocycles. The summed E-state index contributed by atoms with van der Waals surface area (Å²) >= 11 is 0. The van der Waals surface area contributed by atoms with Crippen molar-refractivity contribution in [1.82, 2.24) is 19.6 Å². The molecule has 1 aliphatic heterocycles. The second kappa shape index (κ2) is 10.3. The summed E-state index contributed by atoms with van der Waals surface area (Å²) in [6.07, 6.45) is -2.85. The van der Waals surface area contributed by atoms with Gasteiger partial charge in [-0.15, -0.1) is 0 Å². The lowest BCUT2D eigenvalue weighted by atomic mass is 10.1. The zero-order valence-corrected chi connectivity index (χ0v) is 19.2. The van der Waals surface area contributed by atoms with Gasteiger partial charge in [0.1, 0.15) is 29.5 Å². The van der Waals surface area contributed by atoms with Crippen molar-refractivity contribution >= 4 is 15.9 Å². The van der Waals surface area contributed by atoms with Crippen LogP contribution >= 0.6 is 0 Å². The van der Waals surface area contributed by atoms with Crippen LogP contribution in [0, 0.1) is 11.6 Å². The number of sulfonamides is 1. The Hall–Kier alpha value is -3.45. The summed E-state index contributed by atoms with van der Waals surface area (Å²) in [7, 11) is -4.29. The molecule has 36 heavy (non-hydrogen) atoms. The molecule has 0 radical (unpaired) electrons. The standard InChI is InChI=1S/C23H19F5N4O3S/c24-15-1-3-18(4-2-15)36(34,35)32-12-17(26)8-21(32)23(33)31-9-13-5-14(7-16(25)6-13)19-10-30-20(11-29-19)22(27)28/h1-7,10-11,17,21-22H,8-9,12H2,(H,31,33)/t17-,21+/m1/s1. The van der Waals surface area contributed by atoms with Crippen LogP contribution in [0.4, 0.5) is 22.0 Å². The Morgan fingerprint density at radius 1 is 1.06 bits per heavy atom. The maximum absolute atomic E-state index is 14.2. The number of amides is 1. The van der Waals surface area contributed by atoms with Crippen LogP contribution in [-0.2, 0) is 21.4 Å². The summed E-state index contributed by atoms with van der Waals surface area (Å²) < 4.78 is 93.5. The highest BCUT2D eigenvalue weighted by atomic mass is 32.2. The van der Waals surface area contributed by atoms with E-state index in [2.05, 4.69) is 15.3 Å². The Morgan fingerprint density at radius 2 is 1.78 bits per heavy atom. The zero-order valence-electron chi connectivity index (χ0n) is 18.4. The van der Waals surface area contributed by atoms with Gasteiger partial charge in [0.15, 0.2) is 0 Å². The fourth-order valence-electron chi connectivity index (χ4n) is 3.81. The Labute approximate surface area is 203 Å². The number of benzene rings is 2. The maximum atomic E-state index is 14.2. The van der Waals surface area contributed by atoms with Gasteiger partial charge in [0, 0.05) is 25.1 Å². The zero-order chi connectivity index (χ0) is 26.0. The molecule has 1 N–H and O–H groups in total. The first-order chi connectivity index (χ1) is 17.0. The third-order valence-corrected chi connectivity index (χ3v) is 7.43. The molecule has 7 nitrogen and oxygen atoms in total. The number of nitrogens with one attached hydrogen (secondary N) is 1. The molecule has 1 aliphatic rings. The van der Waals surface area contributed by atoms with Crippen molar-refractivity contribution in [1.29, 1.82) is 0 Å². The first-order valence-electron chi connectivity index (χ1n) is 10.6. The van der Waals surface area contributed by atoms with Gasteiger partial charge in [-0.05, 0) is 48.0 Å². The van der Waals surface area contributed by atoms with Crippen LogP contribution in [0.2, 0.25) is 0 Å². The van der Waals surface area contributed by atoms with E-state index >= 15 is 0 Å². The van der Waals surface area contributed by atoms with Crippen LogP contribution in [0.15, 0.2) is 59.8 Å². The molecule has 1 fully saturated rings. The van der Waals surface area contributed by atoms with Crippen LogP contribution in [0.1, 0.15) is 24.1 Å². The highest BCUT2D eigenvalue weighted by Gasteiger charge is 2.44. The van der Waals surface area contributed by atoms with Crippen molar-refractivity contribution in [3.63, 3.8) is 0 Å². The van der Waals surface area contributed by atoms with Crippen molar-refractivity contribution < 1.29 is 35.2 Å². The minimum absolute atomic E-state index is 0.124. The van der Waals surface area contributed by atoms with E-state index in [0.717, 1.165) is 53.1 Å². The van der Waals surface area contributed by atoms with Crippen molar-refractivity contribution in [3.8, 4) is 11.3 Å². The lowest BCUT2D eigenvalue weighted by molar-refractivity contribution is -0.124. The van der Waals surface area contributed by atoms with Gasteiger partial charge in [0.2, 0.25) is 15.9 Å². The molecule has 13 heteroatoms. The van der Waals surface area contributed by atoms with Crippen LogP contribution in [-0.4, -0.2) is 47.4 Å². The summed E-state index contributed by atoms with van der Waals surface area (Å²) in [5.74, 6) is -2.15. The summed E-state index contributed by atoms with van der Waals surface area (Å²) in [5.41, 5.74) is 0.0724. The summed E-state index contributed by atoms with van der Waals surface area (Å²) in [6, 6.07) is 6.25. The third-order valence-electron chi connectivity index (χ3n) is 5.54. The Bertz CT molecular complexity index is 1360. The van der Waals surface area contributed by atoms with Crippen molar-refractivity contribution in [2.75, 3.05) is 6.54 Å². The smallest absolute Gasteiger partial charge is 0.281 e. The van der Waals surface area contributed by atoms with Crippen LogP contribution < -0.4 is 5.32 Å². The predicted octanol–water partition coefficient (Wildman–Crippen LogP) is 3.78. The number of hydrogen-bond donors (Lipinski definition) is 1. The van der Waals surface area contributed by atoms with Crippen LogP contribution in [0.25, 0.3) is 11.3 Å². The van der Waals surface area contributed by atoms with E-state index in [1.807, 2.05) is 0 Å². The van der Waals surface area contributed by atoms with E-state index < -0.39 is 58.4 Å². The van der Waals surface area contributed by atoms with Gasteiger partial charge in [0.05, 0.1) is 23.0 Å². The molecule has 0 aliphatic carbocycles. The molecular weight excluding hydrogens is 507 g/mol. The number of nitrogens with zero attached hydrogens (tertiary/aromatic N) is 3. The van der Waals surface area contributed by atoms with E-state index in [9.17, 15) is 35.2 Å². The van der Waals surface area contributed by atoms with Gasteiger partial charge < -0.3 is 5.32 Å². The van der Waals surface area contributed by atoms with Crippen molar-refractivity contribution in [2.45, 2.75) is 36.5 Å². The van der Waals surface area contributed by atoms with E-state index in [-0.39, 0.29) is 34.7 Å². The molecule has 2 aromatic carbocycles. The molecule has 0 unspecified atom stereocenters. The molecule has 1 saturated heterocycles. The molecule has 0 spiro atoms. The van der Waals surface area contributed by atoms with Gasteiger partial charge in [-0.1, -0.05) is 0 Å². The number of carbonyl (C=O) groups excluding carboxylic acids is 1. The number of carbonyl (C=O) groups is 1. The van der Waals surface area contributed by atoms with Gasteiger partial charge in [0.25, 0.3) is 6.43 Å². The Balaban J connectivity index is 1.50. The molecule has 190 valence electrons. The average Bonchev–Trinajstić information content (AvgIpc) is 3.25. The lowest BCUT2D eigenvalue weighted by Gasteiger charge is -2.23. The highest BCUT2D eigenvalue weighted by Crippen LogP contribution is 2.28. The van der Waals surface area contributed by atoms with Gasteiger partial charge >= 0.3 is 0 Å². The fourth-order valence-corrected chi connectivity index (χ4v) is 5.44. The fraction of sp³-hybridized carbons (Fsp3) is 0.261. The first-order valence-corrected chi connectivity index (χ1v) is 12.1. The molecule has 2 atom stereocenters. The summed E-state index contributed by atoms with van der Waals surface area (Å²) in [5, 5.41) is 2.48. The number of alkyl halides is 3. The molecule has 1 aromatic heterocycles. The third kappa shape index (κ3) is 5.51. The second-order valence-electron chi connectivity index (χ2n) is 8.07. The number of rotatable bonds is 7. The van der Waals surface area contributed by atoms with Gasteiger partial charge in [-0.3, -0.25) is 14.8 Å². The minimum Gasteiger partial charge on any atom is -0.351 e.